The third-order valence-corrected chi connectivity index (χ3v) is 2.42. The van der Waals surface area contributed by atoms with E-state index in [0.29, 0.717) is 0 Å². The van der Waals surface area contributed by atoms with E-state index in [-0.39, 0.29) is 11.4 Å². The van der Waals surface area contributed by atoms with Crippen molar-refractivity contribution in [3.8, 4) is 0 Å². The standard InChI is InChI=1S/C10H12F3N3O2/c1-6-7(15-4-3-14-6)9(2,8(17)18)16-5-10(11,12)13/h3-4,16H,5H2,1-2H3,(H,17,18). The number of carbonyl (C=O) groups is 1. The number of aliphatic carboxylic acids is 1. The van der Waals surface area contributed by atoms with Gasteiger partial charge < -0.3 is 5.11 Å². The van der Waals surface area contributed by atoms with E-state index in [1.165, 1.54) is 19.3 Å². The first-order valence-corrected chi connectivity index (χ1v) is 5.00. The first-order chi connectivity index (χ1) is 8.17. The first-order valence-electron chi connectivity index (χ1n) is 5.00. The lowest BCUT2D eigenvalue weighted by atomic mass is 9.96. The predicted octanol–water partition coefficient (Wildman–Crippen LogP) is 1.24. The number of hydrogen-bond acceptors (Lipinski definition) is 4. The quantitative estimate of drug-likeness (QED) is 0.854. The molecule has 1 aromatic rings. The van der Waals surface area contributed by atoms with Crippen molar-refractivity contribution in [2.45, 2.75) is 25.6 Å². The predicted molar refractivity (Wildman–Crippen MR) is 55.8 cm³/mol. The zero-order valence-electron chi connectivity index (χ0n) is 9.75. The highest BCUT2D eigenvalue weighted by Gasteiger charge is 2.41. The van der Waals surface area contributed by atoms with Crippen LogP contribution in [-0.4, -0.2) is 33.8 Å². The minimum Gasteiger partial charge on any atom is -0.480 e. The van der Waals surface area contributed by atoms with E-state index in [2.05, 4.69) is 9.97 Å². The zero-order valence-corrected chi connectivity index (χ0v) is 9.75. The molecule has 8 heteroatoms. The number of nitrogens with zero attached hydrogens (tertiary/aromatic N) is 2. The number of aryl methyl sites for hydroxylation is 1. The molecule has 0 bridgehead atoms. The van der Waals surface area contributed by atoms with Crippen LogP contribution in [0.25, 0.3) is 0 Å². The largest absolute Gasteiger partial charge is 0.480 e. The molecule has 1 atom stereocenters. The molecule has 0 saturated heterocycles. The average Bonchev–Trinajstić information content (AvgIpc) is 2.25. The number of hydrogen-bond donors (Lipinski definition) is 2. The van der Waals surface area contributed by atoms with E-state index in [9.17, 15) is 18.0 Å². The smallest absolute Gasteiger partial charge is 0.401 e. The van der Waals surface area contributed by atoms with Gasteiger partial charge in [0.05, 0.1) is 17.9 Å². The van der Waals surface area contributed by atoms with Crippen LogP contribution in [0.3, 0.4) is 0 Å². The van der Waals surface area contributed by atoms with Crippen LogP contribution in [0.15, 0.2) is 12.4 Å². The Morgan fingerprint density at radius 2 is 1.94 bits per heavy atom. The third kappa shape index (κ3) is 3.16. The van der Waals surface area contributed by atoms with Crippen LogP contribution in [0, 0.1) is 6.92 Å². The molecular formula is C10H12F3N3O2. The minimum atomic E-state index is -4.51. The van der Waals surface area contributed by atoms with E-state index in [4.69, 9.17) is 5.11 Å². The van der Waals surface area contributed by atoms with Gasteiger partial charge in [-0.3, -0.25) is 15.3 Å². The van der Waals surface area contributed by atoms with Crippen molar-refractivity contribution in [3.05, 3.63) is 23.8 Å². The lowest BCUT2D eigenvalue weighted by molar-refractivity contribution is -0.150. The number of alkyl halides is 3. The lowest BCUT2D eigenvalue weighted by Crippen LogP contribution is -2.51. The van der Waals surface area contributed by atoms with Crippen LogP contribution in [0.5, 0.6) is 0 Å². The Hall–Kier alpha value is -1.70. The third-order valence-electron chi connectivity index (χ3n) is 2.42. The molecule has 1 heterocycles. The molecule has 1 unspecified atom stereocenters. The first kappa shape index (κ1) is 14.4. The van der Waals surface area contributed by atoms with Crippen molar-refractivity contribution in [2.75, 3.05) is 6.54 Å². The van der Waals surface area contributed by atoms with E-state index in [1.807, 2.05) is 5.32 Å². The van der Waals surface area contributed by atoms with Gasteiger partial charge in [0.25, 0.3) is 0 Å². The number of carboxylic acids is 1. The van der Waals surface area contributed by atoms with Crippen LogP contribution in [0.2, 0.25) is 0 Å². The van der Waals surface area contributed by atoms with Gasteiger partial charge in [0.2, 0.25) is 0 Å². The van der Waals surface area contributed by atoms with Gasteiger partial charge in [0.1, 0.15) is 0 Å². The van der Waals surface area contributed by atoms with Gasteiger partial charge in [0, 0.05) is 12.4 Å². The molecule has 0 saturated carbocycles. The van der Waals surface area contributed by atoms with Crippen LogP contribution >= 0.6 is 0 Å². The van der Waals surface area contributed by atoms with E-state index < -0.39 is 24.2 Å². The Kier molecular flexibility index (Phi) is 3.90. The summed E-state index contributed by atoms with van der Waals surface area (Å²) in [5.74, 6) is -1.45. The summed E-state index contributed by atoms with van der Waals surface area (Å²) < 4.78 is 36.5. The zero-order chi connectivity index (χ0) is 14.0. The van der Waals surface area contributed by atoms with Crippen LogP contribution in [0.4, 0.5) is 13.2 Å². The molecule has 100 valence electrons. The number of rotatable bonds is 4. The van der Waals surface area contributed by atoms with Crippen molar-refractivity contribution in [1.29, 1.82) is 0 Å². The maximum absolute atomic E-state index is 12.2. The Morgan fingerprint density at radius 3 is 2.39 bits per heavy atom. The van der Waals surface area contributed by atoms with Crippen molar-refractivity contribution in [2.24, 2.45) is 0 Å². The monoisotopic (exact) mass is 263 g/mol. The highest BCUT2D eigenvalue weighted by Crippen LogP contribution is 2.23. The number of carboxylic acid groups (broad SMARTS) is 1. The van der Waals surface area contributed by atoms with Crippen molar-refractivity contribution >= 4 is 5.97 Å². The molecule has 0 aromatic carbocycles. The molecule has 0 fully saturated rings. The SMILES string of the molecule is Cc1nccnc1C(C)(NCC(F)(F)F)C(=O)O. The average molecular weight is 263 g/mol. The van der Waals surface area contributed by atoms with E-state index >= 15 is 0 Å². The molecule has 1 rings (SSSR count). The molecule has 5 nitrogen and oxygen atoms in total. The highest BCUT2D eigenvalue weighted by atomic mass is 19.4. The normalized spacial score (nSPS) is 15.2. The molecular weight excluding hydrogens is 251 g/mol. The fourth-order valence-corrected chi connectivity index (χ4v) is 1.44. The summed E-state index contributed by atoms with van der Waals surface area (Å²) in [5, 5.41) is 11.1. The molecule has 0 radical (unpaired) electrons. The topological polar surface area (TPSA) is 75.1 Å². The van der Waals surface area contributed by atoms with Gasteiger partial charge >= 0.3 is 12.1 Å². The van der Waals surface area contributed by atoms with Crippen LogP contribution in [-0.2, 0) is 10.3 Å². The van der Waals surface area contributed by atoms with Gasteiger partial charge in [-0.05, 0) is 13.8 Å². The second-order valence-electron chi connectivity index (χ2n) is 3.89. The molecule has 0 amide bonds. The summed E-state index contributed by atoms with van der Waals surface area (Å²) in [6.45, 7) is 1.18. The Morgan fingerprint density at radius 1 is 1.39 bits per heavy atom. The number of halogens is 3. The van der Waals surface area contributed by atoms with Crippen LogP contribution < -0.4 is 5.32 Å². The molecule has 0 aliphatic carbocycles. The molecule has 18 heavy (non-hydrogen) atoms. The maximum atomic E-state index is 12.2. The summed E-state index contributed by atoms with van der Waals surface area (Å²) in [6.07, 6.45) is -1.93. The summed E-state index contributed by atoms with van der Waals surface area (Å²) in [6, 6.07) is 0. The lowest BCUT2D eigenvalue weighted by Gasteiger charge is -2.27. The van der Waals surface area contributed by atoms with Crippen LogP contribution in [0.1, 0.15) is 18.3 Å². The van der Waals surface area contributed by atoms with Crippen molar-refractivity contribution in [1.82, 2.24) is 15.3 Å². The fraction of sp³-hybridized carbons (Fsp3) is 0.500. The molecule has 2 N–H and O–H groups in total. The Balaban J connectivity index is 3.09. The Labute approximate surface area is 101 Å². The summed E-state index contributed by atoms with van der Waals surface area (Å²) in [7, 11) is 0. The highest BCUT2D eigenvalue weighted by molar-refractivity contribution is 5.79. The maximum Gasteiger partial charge on any atom is 0.401 e. The van der Waals surface area contributed by atoms with Gasteiger partial charge in [-0.25, -0.2) is 4.79 Å². The Bertz CT molecular complexity index is 450. The number of nitrogens with one attached hydrogen (secondary N) is 1. The molecule has 0 spiro atoms. The van der Waals surface area contributed by atoms with Crippen molar-refractivity contribution in [3.63, 3.8) is 0 Å². The summed E-state index contributed by atoms with van der Waals surface area (Å²) in [4.78, 5) is 18.8. The second kappa shape index (κ2) is 4.89. The second-order valence-corrected chi connectivity index (χ2v) is 3.89. The van der Waals surface area contributed by atoms with E-state index in [1.54, 1.807) is 0 Å². The van der Waals surface area contributed by atoms with Gasteiger partial charge in [0.15, 0.2) is 5.54 Å². The number of aromatic nitrogens is 2. The van der Waals surface area contributed by atoms with Gasteiger partial charge in [-0.2, -0.15) is 13.2 Å². The minimum absolute atomic E-state index is 0.0400. The van der Waals surface area contributed by atoms with Crippen molar-refractivity contribution < 1.29 is 23.1 Å². The van der Waals surface area contributed by atoms with E-state index in [0.717, 1.165) is 6.92 Å². The summed E-state index contributed by atoms with van der Waals surface area (Å²) in [5.41, 5.74) is -1.72. The van der Waals surface area contributed by atoms with Gasteiger partial charge in [-0.15, -0.1) is 0 Å². The fourth-order valence-electron chi connectivity index (χ4n) is 1.44. The summed E-state index contributed by atoms with van der Waals surface area (Å²) >= 11 is 0. The van der Waals surface area contributed by atoms with Gasteiger partial charge in [-0.1, -0.05) is 0 Å². The molecule has 1 aromatic heterocycles. The molecule has 0 aliphatic heterocycles. The molecule has 0 aliphatic rings.